The van der Waals surface area contributed by atoms with Crippen molar-refractivity contribution in [1.82, 2.24) is 14.9 Å². The van der Waals surface area contributed by atoms with Gasteiger partial charge in [0.05, 0.1) is 12.7 Å². The van der Waals surface area contributed by atoms with Gasteiger partial charge in [0.25, 0.3) is 4.62 Å². The fourth-order valence-corrected chi connectivity index (χ4v) is 4.30. The molecule has 0 spiro atoms. The molecule has 2 heterocycles. The van der Waals surface area contributed by atoms with Gasteiger partial charge in [-0.25, -0.2) is 15.4 Å². The molecule has 1 atom stereocenters. The number of halogens is 2. The number of anilines is 2. The van der Waals surface area contributed by atoms with Gasteiger partial charge in [-0.1, -0.05) is 23.7 Å². The molecule has 2 aromatic rings. The van der Waals surface area contributed by atoms with E-state index in [9.17, 15) is 0 Å². The molecule has 0 aliphatic carbocycles. The van der Waals surface area contributed by atoms with Crippen LogP contribution < -0.4 is 16.0 Å². The van der Waals surface area contributed by atoms with E-state index in [0.717, 1.165) is 43.3 Å². The first-order valence-electron chi connectivity index (χ1n) is 10.0. The Bertz CT molecular complexity index is 855. The van der Waals surface area contributed by atoms with Gasteiger partial charge in [-0.05, 0) is 50.6 Å². The lowest BCUT2D eigenvalue weighted by Crippen LogP contribution is -2.41. The van der Waals surface area contributed by atoms with Gasteiger partial charge < -0.3 is 20.3 Å². The average molecular weight is 497 g/mol. The highest BCUT2D eigenvalue weighted by Crippen LogP contribution is 2.36. The van der Waals surface area contributed by atoms with Crippen LogP contribution in [-0.4, -0.2) is 59.8 Å². The molecule has 9 heteroatoms. The van der Waals surface area contributed by atoms with E-state index in [4.69, 9.17) is 27.5 Å². The summed E-state index contributed by atoms with van der Waals surface area (Å²) in [7, 11) is 4.10. The maximum absolute atomic E-state index is 6.36. The third-order valence-corrected chi connectivity index (χ3v) is 6.05. The maximum atomic E-state index is 6.36. The molecular weight excluding hydrogens is 468 g/mol. The van der Waals surface area contributed by atoms with Crippen molar-refractivity contribution in [2.75, 3.05) is 51.0 Å². The highest BCUT2D eigenvalue weighted by Gasteiger charge is 2.31. The van der Waals surface area contributed by atoms with Crippen molar-refractivity contribution in [1.29, 1.82) is 0 Å². The minimum absolute atomic E-state index is 0.0344. The van der Waals surface area contributed by atoms with Crippen LogP contribution in [0.2, 0.25) is 5.02 Å². The molecule has 4 N–H and O–H groups in total. The number of ether oxygens (including phenoxy) is 1. The molecule has 0 saturated carbocycles. The smallest absolute Gasteiger partial charge is 0.254 e. The summed E-state index contributed by atoms with van der Waals surface area (Å²) in [6.07, 6.45) is 3.46. The quantitative estimate of drug-likeness (QED) is 0.544. The Morgan fingerprint density at radius 1 is 1.30 bits per heavy atom. The molecule has 1 unspecified atom stereocenters. The number of aromatic nitrogens is 2. The molecule has 0 bridgehead atoms. The molecule has 1 aromatic carbocycles. The summed E-state index contributed by atoms with van der Waals surface area (Å²) in [5.74, 6) is 1.55. The van der Waals surface area contributed by atoms with Crippen LogP contribution in [0.1, 0.15) is 30.1 Å². The van der Waals surface area contributed by atoms with E-state index in [0.29, 0.717) is 28.5 Å². The number of hydrogen-bond donors (Lipinski definition) is 2. The number of nitrogens with zero attached hydrogens (tertiary/aromatic N) is 4. The normalized spacial score (nSPS) is 16.1. The zero-order valence-corrected chi connectivity index (χ0v) is 19.7. The van der Waals surface area contributed by atoms with Gasteiger partial charge in [-0.15, -0.1) is 0 Å². The molecule has 1 aromatic heterocycles. The van der Waals surface area contributed by atoms with Gasteiger partial charge in [-0.2, -0.15) is 0 Å². The minimum atomic E-state index is 0.0344. The molecule has 1 fully saturated rings. The van der Waals surface area contributed by atoms with E-state index in [1.54, 1.807) is 0 Å². The van der Waals surface area contributed by atoms with Crippen molar-refractivity contribution >= 4 is 43.8 Å². The fraction of sp³-hybridized carbons (Fsp3) is 0.476. The maximum Gasteiger partial charge on any atom is 0.254 e. The van der Waals surface area contributed by atoms with Crippen LogP contribution >= 0.6 is 27.5 Å². The van der Waals surface area contributed by atoms with Crippen molar-refractivity contribution in [3.05, 3.63) is 46.7 Å². The average Bonchev–Trinajstić information content (AvgIpc) is 2.72. The molecule has 1 saturated heterocycles. The van der Waals surface area contributed by atoms with Gasteiger partial charge >= 0.3 is 0 Å². The Hall–Kier alpha value is -1.74. The summed E-state index contributed by atoms with van der Waals surface area (Å²) in [5.41, 5.74) is 7.86. The Balaban J connectivity index is 1.73. The van der Waals surface area contributed by atoms with Crippen LogP contribution in [0.5, 0.6) is 0 Å². The molecule has 7 nitrogen and oxygen atoms in total. The SMILES string of the molecule is CN(C)CCOC(c1ccc(Cl)cc1)C1CCN(c2ncnc(N)c2C(=[NH2+])Br)CC1. The summed E-state index contributed by atoms with van der Waals surface area (Å²) < 4.78 is 6.81. The van der Waals surface area contributed by atoms with E-state index < -0.39 is 0 Å². The summed E-state index contributed by atoms with van der Waals surface area (Å²) in [5, 5.41) is 6.71. The van der Waals surface area contributed by atoms with Crippen LogP contribution in [0.25, 0.3) is 0 Å². The predicted octanol–water partition coefficient (Wildman–Crippen LogP) is 2.15. The zero-order chi connectivity index (χ0) is 21.7. The summed E-state index contributed by atoms with van der Waals surface area (Å²) >= 11 is 9.43. The van der Waals surface area contributed by atoms with E-state index in [-0.39, 0.29) is 6.10 Å². The second-order valence-electron chi connectivity index (χ2n) is 7.78. The van der Waals surface area contributed by atoms with Crippen molar-refractivity contribution < 1.29 is 10.1 Å². The number of piperidine rings is 1. The molecule has 0 radical (unpaired) electrons. The monoisotopic (exact) mass is 495 g/mol. The van der Waals surface area contributed by atoms with Crippen molar-refractivity contribution in [3.63, 3.8) is 0 Å². The minimum Gasteiger partial charge on any atom is -0.383 e. The van der Waals surface area contributed by atoms with Gasteiger partial charge in [-0.3, -0.25) is 0 Å². The van der Waals surface area contributed by atoms with E-state index in [2.05, 4.69) is 61.9 Å². The first-order chi connectivity index (χ1) is 14.4. The summed E-state index contributed by atoms with van der Waals surface area (Å²) in [6, 6.07) is 8.00. The van der Waals surface area contributed by atoms with Crippen LogP contribution in [0.15, 0.2) is 30.6 Å². The van der Waals surface area contributed by atoms with Crippen molar-refractivity contribution in [3.8, 4) is 0 Å². The number of hydrogen-bond acceptors (Lipinski definition) is 6. The van der Waals surface area contributed by atoms with Crippen molar-refractivity contribution in [2.45, 2.75) is 18.9 Å². The fourth-order valence-electron chi connectivity index (χ4n) is 3.79. The molecule has 1 aliphatic heterocycles. The van der Waals surface area contributed by atoms with E-state index in [1.165, 1.54) is 11.9 Å². The molecule has 162 valence electrons. The molecule has 30 heavy (non-hydrogen) atoms. The number of benzene rings is 1. The molecular formula is C21H29BrClN6O+. The third-order valence-electron chi connectivity index (χ3n) is 5.40. The summed E-state index contributed by atoms with van der Waals surface area (Å²) in [6.45, 7) is 3.25. The van der Waals surface area contributed by atoms with E-state index >= 15 is 0 Å². The van der Waals surface area contributed by atoms with E-state index in [1.807, 2.05) is 12.1 Å². The number of rotatable bonds is 8. The van der Waals surface area contributed by atoms with Crippen LogP contribution in [0, 0.1) is 5.92 Å². The van der Waals surface area contributed by atoms with Crippen LogP contribution in [0.4, 0.5) is 11.6 Å². The second kappa shape index (κ2) is 10.5. The van der Waals surface area contributed by atoms with Crippen molar-refractivity contribution in [2.24, 2.45) is 5.92 Å². The molecule has 1 aliphatic rings. The van der Waals surface area contributed by atoms with Gasteiger partial charge in [0.1, 0.15) is 23.5 Å². The first kappa shape index (κ1) is 22.9. The summed E-state index contributed by atoms with van der Waals surface area (Å²) in [4.78, 5) is 12.9. The Kier molecular flexibility index (Phi) is 8.05. The standard InChI is InChI=1S/C21H28BrClN6O/c1-28(2)11-12-30-18(14-3-5-16(23)6-4-14)15-7-9-29(10-8-15)21-17(19(22)24)20(25)26-13-27-21/h3-6,13,15,18,24H,7-12H2,1-2H3,(H2,25,26,27)/p+1. The first-order valence-corrected chi connectivity index (χ1v) is 11.2. The molecule has 3 rings (SSSR count). The Morgan fingerprint density at radius 2 is 1.97 bits per heavy atom. The highest BCUT2D eigenvalue weighted by molar-refractivity contribution is 9.18. The Morgan fingerprint density at radius 3 is 2.57 bits per heavy atom. The predicted molar refractivity (Wildman–Crippen MR) is 125 cm³/mol. The Labute approximate surface area is 191 Å². The zero-order valence-electron chi connectivity index (χ0n) is 17.4. The van der Waals surface area contributed by atoms with Gasteiger partial charge in [0, 0.05) is 40.6 Å². The largest absolute Gasteiger partial charge is 0.383 e. The van der Waals surface area contributed by atoms with Crippen LogP contribution in [-0.2, 0) is 4.74 Å². The topological polar surface area (TPSA) is 93.1 Å². The highest BCUT2D eigenvalue weighted by atomic mass is 79.9. The van der Waals surface area contributed by atoms with Crippen LogP contribution in [0.3, 0.4) is 0 Å². The number of nitrogen functional groups attached to an aromatic ring is 1. The lowest BCUT2D eigenvalue weighted by Gasteiger charge is -2.37. The third kappa shape index (κ3) is 5.69. The van der Waals surface area contributed by atoms with Gasteiger partial charge in [0.2, 0.25) is 0 Å². The lowest BCUT2D eigenvalue weighted by atomic mass is 9.87. The number of likely N-dealkylation sites (N-methyl/N-ethyl adjacent to an activating group) is 1. The van der Waals surface area contributed by atoms with Gasteiger partial charge in [0.15, 0.2) is 0 Å². The molecule has 0 amide bonds. The second-order valence-corrected chi connectivity index (χ2v) is 9.07. The lowest BCUT2D eigenvalue weighted by molar-refractivity contribution is -0.106. The number of nitrogens with two attached hydrogens (primary N) is 2.